The van der Waals surface area contributed by atoms with Gasteiger partial charge in [0.1, 0.15) is 4.21 Å². The van der Waals surface area contributed by atoms with Crippen LogP contribution in [0.3, 0.4) is 0 Å². The van der Waals surface area contributed by atoms with E-state index in [2.05, 4.69) is 10.0 Å². The molecule has 0 spiro atoms. The predicted octanol–water partition coefficient (Wildman–Crippen LogP) is 0.993. The fourth-order valence-corrected chi connectivity index (χ4v) is 3.56. The van der Waals surface area contributed by atoms with Crippen molar-refractivity contribution in [1.29, 1.82) is 0 Å². The molecule has 2 N–H and O–H groups in total. The zero-order valence-corrected chi connectivity index (χ0v) is 12.9. The lowest BCUT2D eigenvalue weighted by molar-refractivity contribution is 0.199. The van der Waals surface area contributed by atoms with Crippen LogP contribution in [0.4, 0.5) is 0 Å². The summed E-state index contributed by atoms with van der Waals surface area (Å²) in [6.45, 7) is 4.19. The van der Waals surface area contributed by atoms with Crippen molar-refractivity contribution in [2.45, 2.75) is 11.1 Å². The van der Waals surface area contributed by atoms with Crippen LogP contribution < -0.4 is 10.0 Å². The van der Waals surface area contributed by atoms with Gasteiger partial charge in [-0.2, -0.15) is 0 Å². The number of ether oxygens (including phenoxy) is 1. The highest BCUT2D eigenvalue weighted by molar-refractivity contribution is 7.91. The predicted molar refractivity (Wildman–Crippen MR) is 76.2 cm³/mol. The smallest absolute Gasteiger partial charge is 0.250 e. The van der Waals surface area contributed by atoms with E-state index >= 15 is 0 Å². The Balaban J connectivity index is 0.00000289. The van der Waals surface area contributed by atoms with Crippen molar-refractivity contribution in [3.63, 3.8) is 0 Å². The summed E-state index contributed by atoms with van der Waals surface area (Å²) in [6.07, 6.45) is 0. The molecular formula is C10H19ClN2O3S2. The summed E-state index contributed by atoms with van der Waals surface area (Å²) in [5.41, 5.74) is 0. The van der Waals surface area contributed by atoms with Crippen LogP contribution in [0.25, 0.3) is 0 Å². The van der Waals surface area contributed by atoms with Crippen molar-refractivity contribution in [3.8, 4) is 0 Å². The van der Waals surface area contributed by atoms with Crippen molar-refractivity contribution in [3.05, 3.63) is 17.0 Å². The largest absolute Gasteiger partial charge is 0.383 e. The van der Waals surface area contributed by atoms with Crippen LogP contribution in [-0.4, -0.2) is 41.8 Å². The molecule has 1 aromatic heterocycles. The van der Waals surface area contributed by atoms with Gasteiger partial charge < -0.3 is 10.1 Å². The van der Waals surface area contributed by atoms with Gasteiger partial charge in [0.15, 0.2) is 0 Å². The van der Waals surface area contributed by atoms with E-state index in [-0.39, 0.29) is 12.4 Å². The maximum Gasteiger partial charge on any atom is 0.250 e. The van der Waals surface area contributed by atoms with Gasteiger partial charge >= 0.3 is 0 Å². The monoisotopic (exact) mass is 314 g/mol. The van der Waals surface area contributed by atoms with Gasteiger partial charge in [0.2, 0.25) is 10.0 Å². The minimum Gasteiger partial charge on any atom is -0.383 e. The van der Waals surface area contributed by atoms with E-state index in [4.69, 9.17) is 4.74 Å². The topological polar surface area (TPSA) is 67.4 Å². The van der Waals surface area contributed by atoms with Crippen LogP contribution in [-0.2, 0) is 14.8 Å². The molecule has 0 radical (unpaired) electrons. The Morgan fingerprint density at radius 3 is 2.56 bits per heavy atom. The Kier molecular flexibility index (Phi) is 8.75. The summed E-state index contributed by atoms with van der Waals surface area (Å²) in [6, 6.07) is 3.43. The summed E-state index contributed by atoms with van der Waals surface area (Å²) in [7, 11) is -1.71. The number of aryl methyl sites for hydroxylation is 1. The standard InChI is InChI=1S/C10H18N2O3S2.ClH/c1-9-3-4-10(16-9)17(13,14)12-6-5-11-7-8-15-2;/h3-4,11-12H,5-8H2,1-2H3;1H. The number of halogens is 1. The van der Waals surface area contributed by atoms with Gasteiger partial charge in [0, 0.05) is 31.6 Å². The van der Waals surface area contributed by atoms with Crippen molar-refractivity contribution < 1.29 is 13.2 Å². The quantitative estimate of drug-likeness (QED) is 0.702. The first-order chi connectivity index (χ1) is 8.06. The summed E-state index contributed by atoms with van der Waals surface area (Å²) in [4.78, 5) is 0.989. The molecule has 0 aliphatic rings. The second-order valence-corrected chi connectivity index (χ2v) is 6.79. The third kappa shape index (κ3) is 6.12. The van der Waals surface area contributed by atoms with Crippen molar-refractivity contribution >= 4 is 33.8 Å². The molecule has 5 nitrogen and oxygen atoms in total. The maximum absolute atomic E-state index is 11.8. The van der Waals surface area contributed by atoms with Crippen LogP contribution >= 0.6 is 23.7 Å². The molecule has 0 aliphatic heterocycles. The zero-order valence-electron chi connectivity index (χ0n) is 10.4. The molecule has 106 valence electrons. The lowest BCUT2D eigenvalue weighted by Crippen LogP contribution is -2.32. The summed E-state index contributed by atoms with van der Waals surface area (Å²) < 4.78 is 31.3. The first kappa shape index (κ1) is 17.8. The Morgan fingerprint density at radius 1 is 1.28 bits per heavy atom. The Labute approximate surface area is 118 Å². The van der Waals surface area contributed by atoms with Crippen molar-refractivity contribution in [2.24, 2.45) is 0 Å². The molecule has 0 atom stereocenters. The summed E-state index contributed by atoms with van der Waals surface area (Å²) in [5.74, 6) is 0. The van der Waals surface area contributed by atoms with E-state index in [9.17, 15) is 8.42 Å². The molecule has 0 amide bonds. The minimum atomic E-state index is -3.33. The van der Waals surface area contributed by atoms with E-state index in [1.54, 1.807) is 19.2 Å². The van der Waals surface area contributed by atoms with Gasteiger partial charge in [-0.05, 0) is 19.1 Å². The molecule has 1 rings (SSSR count). The van der Waals surface area contributed by atoms with Crippen LogP contribution in [0, 0.1) is 6.92 Å². The molecule has 0 unspecified atom stereocenters. The fourth-order valence-electron chi connectivity index (χ4n) is 1.20. The van der Waals surface area contributed by atoms with Gasteiger partial charge in [0.05, 0.1) is 6.61 Å². The van der Waals surface area contributed by atoms with E-state index in [0.29, 0.717) is 23.9 Å². The van der Waals surface area contributed by atoms with Crippen LogP contribution in [0.1, 0.15) is 4.88 Å². The Morgan fingerprint density at radius 2 is 2.00 bits per heavy atom. The number of hydrogen-bond acceptors (Lipinski definition) is 5. The second-order valence-electron chi connectivity index (χ2n) is 3.51. The van der Waals surface area contributed by atoms with Crippen LogP contribution in [0.5, 0.6) is 0 Å². The van der Waals surface area contributed by atoms with Gasteiger partial charge in [-0.1, -0.05) is 0 Å². The molecule has 18 heavy (non-hydrogen) atoms. The Bertz CT molecular complexity index is 434. The summed E-state index contributed by atoms with van der Waals surface area (Å²) in [5, 5.41) is 3.07. The lowest BCUT2D eigenvalue weighted by atomic mass is 10.5. The molecule has 8 heteroatoms. The molecule has 0 aromatic carbocycles. The van der Waals surface area contributed by atoms with Gasteiger partial charge in [-0.3, -0.25) is 0 Å². The molecule has 0 aliphatic carbocycles. The molecule has 0 fully saturated rings. The van der Waals surface area contributed by atoms with Crippen LogP contribution in [0.2, 0.25) is 0 Å². The third-order valence-electron chi connectivity index (χ3n) is 2.06. The van der Waals surface area contributed by atoms with E-state index < -0.39 is 10.0 Å². The number of methoxy groups -OCH3 is 1. The number of hydrogen-bond donors (Lipinski definition) is 2. The molecule has 0 bridgehead atoms. The molecule has 1 aromatic rings. The molecular weight excluding hydrogens is 296 g/mol. The number of nitrogens with one attached hydrogen (secondary N) is 2. The molecule has 1 heterocycles. The van der Waals surface area contributed by atoms with Crippen molar-refractivity contribution in [2.75, 3.05) is 33.4 Å². The average Bonchev–Trinajstić information content (AvgIpc) is 2.71. The number of rotatable bonds is 8. The summed E-state index contributed by atoms with van der Waals surface area (Å²) >= 11 is 1.28. The van der Waals surface area contributed by atoms with E-state index in [0.717, 1.165) is 11.4 Å². The number of thiophene rings is 1. The van der Waals surface area contributed by atoms with Crippen molar-refractivity contribution in [1.82, 2.24) is 10.0 Å². The zero-order chi connectivity index (χ0) is 12.7. The average molecular weight is 315 g/mol. The maximum atomic E-state index is 11.8. The normalized spacial score (nSPS) is 11.2. The molecule has 0 saturated heterocycles. The third-order valence-corrected chi connectivity index (χ3v) is 5.01. The SMILES string of the molecule is COCCNCCNS(=O)(=O)c1ccc(C)s1.Cl. The minimum absolute atomic E-state index is 0. The van der Waals surface area contributed by atoms with Gasteiger partial charge in [-0.25, -0.2) is 13.1 Å². The first-order valence-corrected chi connectivity index (χ1v) is 7.62. The fraction of sp³-hybridized carbons (Fsp3) is 0.600. The van der Waals surface area contributed by atoms with E-state index in [1.165, 1.54) is 11.3 Å². The lowest BCUT2D eigenvalue weighted by Gasteiger charge is -2.06. The van der Waals surface area contributed by atoms with Gasteiger partial charge in [-0.15, -0.1) is 23.7 Å². The molecule has 0 saturated carbocycles. The highest BCUT2D eigenvalue weighted by atomic mass is 35.5. The second kappa shape index (κ2) is 8.84. The van der Waals surface area contributed by atoms with Crippen LogP contribution in [0.15, 0.2) is 16.3 Å². The number of sulfonamides is 1. The highest BCUT2D eigenvalue weighted by Crippen LogP contribution is 2.19. The van der Waals surface area contributed by atoms with E-state index in [1.807, 2.05) is 6.92 Å². The Hall–Kier alpha value is -0.180. The first-order valence-electron chi connectivity index (χ1n) is 5.32. The van der Waals surface area contributed by atoms with Gasteiger partial charge in [0.25, 0.3) is 0 Å². The highest BCUT2D eigenvalue weighted by Gasteiger charge is 2.14.